The van der Waals surface area contributed by atoms with Crippen molar-refractivity contribution in [2.45, 2.75) is 64.1 Å². The van der Waals surface area contributed by atoms with Crippen molar-refractivity contribution in [3.05, 3.63) is 23.5 Å². The van der Waals surface area contributed by atoms with Gasteiger partial charge in [0.05, 0.1) is 28.7 Å². The Labute approximate surface area is 159 Å². The van der Waals surface area contributed by atoms with E-state index >= 15 is 0 Å². The summed E-state index contributed by atoms with van der Waals surface area (Å²) in [4.78, 5) is 10.8. The molecule has 2 aromatic heterocycles. The number of rotatable bonds is 4. The van der Waals surface area contributed by atoms with Crippen LogP contribution in [0.2, 0.25) is 0 Å². The number of aromatic nitrogens is 3. The fourth-order valence-electron chi connectivity index (χ4n) is 4.33. The van der Waals surface area contributed by atoms with Crippen LogP contribution in [-0.4, -0.2) is 39.6 Å². The summed E-state index contributed by atoms with van der Waals surface area (Å²) < 4.78 is 7.50. The Morgan fingerprint density at radius 2 is 2.15 bits per heavy atom. The zero-order chi connectivity index (χ0) is 18.4. The van der Waals surface area contributed by atoms with Crippen molar-refractivity contribution in [2.75, 3.05) is 18.5 Å². The van der Waals surface area contributed by atoms with E-state index in [9.17, 15) is 0 Å². The molecule has 144 valence electrons. The first kappa shape index (κ1) is 17.0. The predicted molar refractivity (Wildman–Crippen MR) is 104 cm³/mol. The molecule has 0 bridgehead atoms. The molecule has 3 aliphatic rings. The third-order valence-corrected chi connectivity index (χ3v) is 6.08. The normalized spacial score (nSPS) is 21.9. The first-order chi connectivity index (χ1) is 13.2. The van der Waals surface area contributed by atoms with Gasteiger partial charge in [0.2, 0.25) is 0 Å². The maximum absolute atomic E-state index is 5.94. The van der Waals surface area contributed by atoms with Gasteiger partial charge in [-0.1, -0.05) is 0 Å². The number of fused-ring (bicyclic) bond motifs is 1. The van der Waals surface area contributed by atoms with Gasteiger partial charge >= 0.3 is 0 Å². The lowest BCUT2D eigenvalue weighted by Gasteiger charge is -2.33. The second-order valence-electron chi connectivity index (χ2n) is 7.86. The van der Waals surface area contributed by atoms with Crippen LogP contribution in [0, 0.1) is 6.92 Å². The summed E-state index contributed by atoms with van der Waals surface area (Å²) in [6.07, 6.45) is 9.59. The number of nitrogens with one attached hydrogen (secondary N) is 2. The van der Waals surface area contributed by atoms with E-state index in [4.69, 9.17) is 14.6 Å². The second-order valence-corrected chi connectivity index (χ2v) is 7.86. The largest absolute Gasteiger partial charge is 0.381 e. The lowest BCUT2D eigenvalue weighted by molar-refractivity contribution is -0.0821. The van der Waals surface area contributed by atoms with Gasteiger partial charge in [0.25, 0.3) is 0 Å². The molecular weight excluding hydrogens is 342 g/mol. The molecule has 4 heterocycles. The Balaban J connectivity index is 1.63. The Kier molecular flexibility index (Phi) is 4.09. The zero-order valence-electron chi connectivity index (χ0n) is 16.0. The van der Waals surface area contributed by atoms with E-state index in [1.165, 1.54) is 6.42 Å². The molecule has 0 radical (unpaired) electrons. The molecule has 2 N–H and O–H groups in total. The summed E-state index contributed by atoms with van der Waals surface area (Å²) >= 11 is 0. The molecule has 27 heavy (non-hydrogen) atoms. The molecule has 1 aliphatic carbocycles. The van der Waals surface area contributed by atoms with Gasteiger partial charge in [-0.05, 0) is 52.0 Å². The second kappa shape index (κ2) is 6.49. The lowest BCUT2D eigenvalue weighted by Crippen LogP contribution is -2.36. The van der Waals surface area contributed by atoms with Crippen LogP contribution < -0.4 is 10.8 Å². The van der Waals surface area contributed by atoms with Crippen LogP contribution in [0.25, 0.3) is 16.7 Å². The fraction of sp³-hybridized carbons (Fsp3) is 0.600. The molecule has 0 aromatic carbocycles. The average Bonchev–Trinajstić information content (AvgIpc) is 3.27. The van der Waals surface area contributed by atoms with Gasteiger partial charge in [0.15, 0.2) is 5.65 Å². The molecule has 2 aromatic rings. The van der Waals surface area contributed by atoms with Crippen molar-refractivity contribution in [3.8, 4) is 0 Å². The molecule has 0 amide bonds. The van der Waals surface area contributed by atoms with Crippen molar-refractivity contribution in [2.24, 2.45) is 0 Å². The van der Waals surface area contributed by atoms with E-state index in [1.54, 1.807) is 0 Å². The van der Waals surface area contributed by atoms with Gasteiger partial charge in [0.1, 0.15) is 5.60 Å². The standard InChI is InChI=1S/C20H27N5O2/c1-3-25-19-15(12-21-25)18(23-14-5-9-26-10-6-14)17(13(2)22-19)16-11-20(27-24-16)7-4-8-20/h11-12,14,24H,3-10H2,1-2H3,(H,22,23). The van der Waals surface area contributed by atoms with Gasteiger partial charge in [0, 0.05) is 31.4 Å². The van der Waals surface area contributed by atoms with Crippen molar-refractivity contribution < 1.29 is 9.57 Å². The van der Waals surface area contributed by atoms with E-state index < -0.39 is 0 Å². The average molecular weight is 369 g/mol. The Morgan fingerprint density at radius 3 is 2.81 bits per heavy atom. The summed E-state index contributed by atoms with van der Waals surface area (Å²) in [5.41, 5.74) is 8.25. The van der Waals surface area contributed by atoms with Crippen LogP contribution in [0.1, 0.15) is 50.3 Å². The highest BCUT2D eigenvalue weighted by Crippen LogP contribution is 2.44. The van der Waals surface area contributed by atoms with Crippen LogP contribution in [0.15, 0.2) is 12.3 Å². The zero-order valence-corrected chi connectivity index (χ0v) is 16.0. The summed E-state index contributed by atoms with van der Waals surface area (Å²) in [5.74, 6) is 0. The first-order valence-corrected chi connectivity index (χ1v) is 10.1. The maximum atomic E-state index is 5.94. The maximum Gasteiger partial charge on any atom is 0.160 e. The number of ether oxygens (including phenoxy) is 1. The van der Waals surface area contributed by atoms with Crippen LogP contribution in [0.4, 0.5) is 5.69 Å². The molecule has 0 unspecified atom stereocenters. The van der Waals surface area contributed by atoms with E-state index in [2.05, 4.69) is 35.8 Å². The van der Waals surface area contributed by atoms with Crippen molar-refractivity contribution >= 4 is 22.4 Å². The number of hydrogen-bond acceptors (Lipinski definition) is 6. The van der Waals surface area contributed by atoms with E-state index in [-0.39, 0.29) is 5.60 Å². The molecule has 0 atom stereocenters. The minimum absolute atomic E-state index is 0.125. The smallest absolute Gasteiger partial charge is 0.160 e. The number of aryl methyl sites for hydroxylation is 2. The third-order valence-electron chi connectivity index (χ3n) is 6.08. The minimum atomic E-state index is -0.125. The monoisotopic (exact) mass is 369 g/mol. The first-order valence-electron chi connectivity index (χ1n) is 10.1. The highest BCUT2D eigenvalue weighted by Gasteiger charge is 2.42. The third kappa shape index (κ3) is 2.80. The topological polar surface area (TPSA) is 73.2 Å². The van der Waals surface area contributed by atoms with Crippen molar-refractivity contribution in [1.82, 2.24) is 20.2 Å². The molecule has 7 heteroatoms. The highest BCUT2D eigenvalue weighted by atomic mass is 16.7. The van der Waals surface area contributed by atoms with Crippen LogP contribution in [0.5, 0.6) is 0 Å². The SMILES string of the molecule is CCn1ncc2c(NC3CCOCC3)c(C3=CC4(CCC4)ON3)c(C)nc21. The van der Waals surface area contributed by atoms with Gasteiger partial charge < -0.3 is 10.1 Å². The number of nitrogens with zero attached hydrogens (tertiary/aromatic N) is 3. The number of hydroxylamine groups is 1. The summed E-state index contributed by atoms with van der Waals surface area (Å²) in [6, 6.07) is 0.396. The number of anilines is 1. The van der Waals surface area contributed by atoms with Gasteiger partial charge in [-0.2, -0.15) is 5.10 Å². The van der Waals surface area contributed by atoms with Crippen molar-refractivity contribution in [3.63, 3.8) is 0 Å². The fourth-order valence-corrected chi connectivity index (χ4v) is 4.33. The minimum Gasteiger partial charge on any atom is -0.381 e. The Hall–Kier alpha value is -2.12. The molecule has 2 aliphatic heterocycles. The van der Waals surface area contributed by atoms with Crippen LogP contribution in [-0.2, 0) is 16.1 Å². The van der Waals surface area contributed by atoms with Crippen molar-refractivity contribution in [1.29, 1.82) is 0 Å². The summed E-state index contributed by atoms with van der Waals surface area (Å²) in [7, 11) is 0. The molecule has 1 saturated carbocycles. The van der Waals surface area contributed by atoms with E-state index in [0.717, 1.165) is 79.1 Å². The molecular formula is C20H27N5O2. The quantitative estimate of drug-likeness (QED) is 0.863. The Bertz CT molecular complexity index is 893. The summed E-state index contributed by atoms with van der Waals surface area (Å²) in [6.45, 7) is 6.59. The van der Waals surface area contributed by atoms with Gasteiger partial charge in [-0.3, -0.25) is 10.3 Å². The molecule has 7 nitrogen and oxygen atoms in total. The molecule has 1 saturated heterocycles. The lowest BCUT2D eigenvalue weighted by atomic mass is 9.79. The number of pyridine rings is 1. The summed E-state index contributed by atoms with van der Waals surface area (Å²) in [5, 5.41) is 9.42. The Morgan fingerprint density at radius 1 is 1.33 bits per heavy atom. The molecule has 1 spiro atoms. The number of hydrogen-bond donors (Lipinski definition) is 2. The van der Waals surface area contributed by atoms with E-state index in [1.807, 2.05) is 10.9 Å². The van der Waals surface area contributed by atoms with Gasteiger partial charge in [-0.15, -0.1) is 0 Å². The molecule has 5 rings (SSSR count). The van der Waals surface area contributed by atoms with E-state index in [0.29, 0.717) is 6.04 Å². The van der Waals surface area contributed by atoms with Crippen LogP contribution >= 0.6 is 0 Å². The van der Waals surface area contributed by atoms with Crippen LogP contribution in [0.3, 0.4) is 0 Å². The highest BCUT2D eigenvalue weighted by molar-refractivity contribution is 5.97. The predicted octanol–water partition coefficient (Wildman–Crippen LogP) is 3.15. The molecule has 2 fully saturated rings. The van der Waals surface area contributed by atoms with Gasteiger partial charge in [-0.25, -0.2) is 9.67 Å².